The molecule has 2 rings (SSSR count). The largest absolute Gasteiger partial charge is 0.550 e. The molecule has 2 aromatic rings. The van der Waals surface area contributed by atoms with Crippen molar-refractivity contribution in [2.75, 3.05) is 6.61 Å². The summed E-state index contributed by atoms with van der Waals surface area (Å²) in [7, 11) is 0. The first-order valence-electron chi connectivity index (χ1n) is 7.10. The van der Waals surface area contributed by atoms with Crippen molar-refractivity contribution in [3.05, 3.63) is 59.7 Å². The molecular weight excluding hydrogens is 325 g/mol. The van der Waals surface area contributed by atoms with E-state index < -0.39 is 23.8 Å². The van der Waals surface area contributed by atoms with Crippen molar-refractivity contribution in [2.24, 2.45) is 0 Å². The number of carboxylic acid groups (broad SMARTS) is 1. The minimum absolute atomic E-state index is 0.117. The van der Waals surface area contributed by atoms with E-state index in [1.165, 1.54) is 30.7 Å². The Kier molecular flexibility index (Phi) is 5.86. The average Bonchev–Trinajstić information content (AvgIpc) is 2.54. The number of aliphatic carboxylic acids is 1. The standard InChI is InChI=1S/C16H15F3N2O3/c17-16(18,19)12-3-1-11(2-4-12)14(24-8-5-15(22)23)9-13-10-20-6-7-21-13/h1-4,6-7,10,14H,5,8-9H2,(H,22,23)/p-1/t14-/m0/s1. The lowest BCUT2D eigenvalue weighted by Crippen LogP contribution is -2.24. The van der Waals surface area contributed by atoms with Gasteiger partial charge in [-0.15, -0.1) is 0 Å². The van der Waals surface area contributed by atoms with Crippen molar-refractivity contribution in [3.63, 3.8) is 0 Å². The lowest BCUT2D eigenvalue weighted by atomic mass is 10.0. The number of carbonyl (C=O) groups is 1. The number of benzene rings is 1. The number of aromatic nitrogens is 2. The van der Waals surface area contributed by atoms with Gasteiger partial charge in [0.25, 0.3) is 0 Å². The van der Waals surface area contributed by atoms with Crippen LogP contribution in [0.2, 0.25) is 0 Å². The molecule has 0 spiro atoms. The van der Waals surface area contributed by atoms with Gasteiger partial charge in [-0.25, -0.2) is 0 Å². The minimum atomic E-state index is -4.42. The zero-order chi connectivity index (χ0) is 17.6. The van der Waals surface area contributed by atoms with E-state index >= 15 is 0 Å². The molecule has 0 fully saturated rings. The van der Waals surface area contributed by atoms with Crippen LogP contribution in [0.1, 0.15) is 29.3 Å². The van der Waals surface area contributed by atoms with E-state index in [0.29, 0.717) is 11.3 Å². The normalized spacial score (nSPS) is 12.8. The number of nitrogens with zero attached hydrogens (tertiary/aromatic N) is 2. The third-order valence-corrected chi connectivity index (χ3v) is 3.25. The maximum atomic E-state index is 12.6. The van der Waals surface area contributed by atoms with Gasteiger partial charge < -0.3 is 14.6 Å². The summed E-state index contributed by atoms with van der Waals surface area (Å²) < 4.78 is 43.4. The van der Waals surface area contributed by atoms with E-state index in [1.54, 1.807) is 0 Å². The van der Waals surface area contributed by atoms with Crippen LogP contribution in [0, 0.1) is 0 Å². The molecule has 0 amide bonds. The zero-order valence-corrected chi connectivity index (χ0v) is 12.5. The molecule has 0 saturated carbocycles. The van der Waals surface area contributed by atoms with E-state index in [-0.39, 0.29) is 19.4 Å². The average molecular weight is 339 g/mol. The highest BCUT2D eigenvalue weighted by atomic mass is 19.4. The number of ether oxygens (including phenoxy) is 1. The van der Waals surface area contributed by atoms with Crippen LogP contribution in [-0.4, -0.2) is 22.5 Å². The molecular formula is C16H14F3N2O3-. The lowest BCUT2D eigenvalue weighted by Gasteiger charge is -2.19. The van der Waals surface area contributed by atoms with Crippen LogP contribution in [0.3, 0.4) is 0 Å². The fourth-order valence-electron chi connectivity index (χ4n) is 2.07. The van der Waals surface area contributed by atoms with Crippen LogP contribution in [0.4, 0.5) is 13.2 Å². The van der Waals surface area contributed by atoms with Crippen LogP contribution in [0.25, 0.3) is 0 Å². The third-order valence-electron chi connectivity index (χ3n) is 3.25. The Hall–Kier alpha value is -2.48. The monoisotopic (exact) mass is 339 g/mol. The molecule has 0 N–H and O–H groups in total. The third kappa shape index (κ3) is 5.31. The van der Waals surface area contributed by atoms with Gasteiger partial charge in [-0.2, -0.15) is 13.2 Å². The number of rotatable bonds is 7. The Balaban J connectivity index is 2.16. The summed E-state index contributed by atoms with van der Waals surface area (Å²) in [4.78, 5) is 18.5. The first-order chi connectivity index (χ1) is 11.4. The van der Waals surface area contributed by atoms with Gasteiger partial charge in [0, 0.05) is 37.4 Å². The molecule has 0 radical (unpaired) electrons. The van der Waals surface area contributed by atoms with E-state index in [1.807, 2.05) is 0 Å². The van der Waals surface area contributed by atoms with E-state index in [9.17, 15) is 23.1 Å². The number of carbonyl (C=O) groups excluding carboxylic acids is 1. The Labute approximate surface area is 136 Å². The maximum Gasteiger partial charge on any atom is 0.416 e. The molecule has 1 atom stereocenters. The highest BCUT2D eigenvalue weighted by Gasteiger charge is 2.30. The van der Waals surface area contributed by atoms with Crippen molar-refractivity contribution >= 4 is 5.97 Å². The fourth-order valence-corrected chi connectivity index (χ4v) is 2.07. The summed E-state index contributed by atoms with van der Waals surface area (Å²) in [5.41, 5.74) is 0.307. The van der Waals surface area contributed by atoms with Crippen LogP contribution in [0.15, 0.2) is 42.9 Å². The van der Waals surface area contributed by atoms with Crippen molar-refractivity contribution in [1.82, 2.24) is 9.97 Å². The highest BCUT2D eigenvalue weighted by molar-refractivity contribution is 5.64. The summed E-state index contributed by atoms with van der Waals surface area (Å²) in [6.45, 7) is -0.117. The predicted molar refractivity (Wildman–Crippen MR) is 75.5 cm³/mol. The molecule has 1 aromatic heterocycles. The summed E-state index contributed by atoms with van der Waals surface area (Å²) in [6, 6.07) is 4.54. The van der Waals surface area contributed by atoms with Gasteiger partial charge in [-0.05, 0) is 17.7 Å². The van der Waals surface area contributed by atoms with Gasteiger partial charge >= 0.3 is 6.18 Å². The summed E-state index contributed by atoms with van der Waals surface area (Å²) in [5, 5.41) is 10.5. The van der Waals surface area contributed by atoms with Crippen molar-refractivity contribution in [3.8, 4) is 0 Å². The van der Waals surface area contributed by atoms with Gasteiger partial charge in [0.05, 0.1) is 24.0 Å². The minimum Gasteiger partial charge on any atom is -0.550 e. The van der Waals surface area contributed by atoms with Gasteiger partial charge in [0.2, 0.25) is 0 Å². The second kappa shape index (κ2) is 7.87. The van der Waals surface area contributed by atoms with Crippen LogP contribution >= 0.6 is 0 Å². The Bertz CT molecular complexity index is 661. The number of alkyl halides is 3. The molecule has 0 saturated heterocycles. The number of halogens is 3. The van der Waals surface area contributed by atoms with Crippen molar-refractivity contribution < 1.29 is 27.8 Å². The first-order valence-corrected chi connectivity index (χ1v) is 7.10. The Morgan fingerprint density at radius 2 is 1.92 bits per heavy atom. The molecule has 0 bridgehead atoms. The number of carboxylic acids is 1. The second-order valence-corrected chi connectivity index (χ2v) is 5.00. The van der Waals surface area contributed by atoms with Crippen molar-refractivity contribution in [1.29, 1.82) is 0 Å². The molecule has 0 aliphatic heterocycles. The van der Waals surface area contributed by atoms with Gasteiger partial charge in [-0.3, -0.25) is 9.97 Å². The smallest absolute Gasteiger partial charge is 0.416 e. The molecule has 0 aliphatic carbocycles. The van der Waals surface area contributed by atoms with Gasteiger partial charge in [0.15, 0.2) is 0 Å². The Morgan fingerprint density at radius 1 is 1.21 bits per heavy atom. The van der Waals surface area contributed by atoms with E-state index in [0.717, 1.165) is 12.1 Å². The summed E-state index contributed by atoms with van der Waals surface area (Å²) >= 11 is 0. The van der Waals surface area contributed by atoms with E-state index in [2.05, 4.69) is 9.97 Å². The molecule has 0 aliphatic rings. The SMILES string of the molecule is O=C([O-])CCO[C@@H](Cc1cnccn1)c1ccc(C(F)(F)F)cc1. The molecule has 1 aromatic carbocycles. The lowest BCUT2D eigenvalue weighted by molar-refractivity contribution is -0.306. The molecule has 5 nitrogen and oxygen atoms in total. The highest BCUT2D eigenvalue weighted by Crippen LogP contribution is 2.31. The van der Waals surface area contributed by atoms with Crippen LogP contribution in [-0.2, 0) is 22.1 Å². The summed E-state index contributed by atoms with van der Waals surface area (Å²) in [5.74, 6) is -1.26. The quantitative estimate of drug-likeness (QED) is 0.771. The van der Waals surface area contributed by atoms with Crippen molar-refractivity contribution in [2.45, 2.75) is 25.1 Å². The molecule has 8 heteroatoms. The van der Waals surface area contributed by atoms with Crippen LogP contribution in [0.5, 0.6) is 0 Å². The van der Waals surface area contributed by atoms with Crippen LogP contribution < -0.4 is 5.11 Å². The zero-order valence-electron chi connectivity index (χ0n) is 12.5. The maximum absolute atomic E-state index is 12.6. The molecule has 1 heterocycles. The number of hydrogen-bond acceptors (Lipinski definition) is 5. The molecule has 128 valence electrons. The topological polar surface area (TPSA) is 75.1 Å². The van der Waals surface area contributed by atoms with Gasteiger partial charge in [0.1, 0.15) is 0 Å². The molecule has 0 unspecified atom stereocenters. The molecule has 24 heavy (non-hydrogen) atoms. The fraction of sp³-hybridized carbons (Fsp3) is 0.312. The predicted octanol–water partition coefficient (Wildman–Crippen LogP) is 1.94. The second-order valence-electron chi connectivity index (χ2n) is 5.00. The number of hydrogen-bond donors (Lipinski definition) is 0. The van der Waals surface area contributed by atoms with Gasteiger partial charge in [-0.1, -0.05) is 12.1 Å². The first kappa shape index (κ1) is 17.9. The summed E-state index contributed by atoms with van der Waals surface area (Å²) in [6.07, 6.45) is -0.616. The Morgan fingerprint density at radius 3 is 2.46 bits per heavy atom. The van der Waals surface area contributed by atoms with E-state index in [4.69, 9.17) is 4.74 Å².